The van der Waals surface area contributed by atoms with Gasteiger partial charge in [-0.2, -0.15) is 21.9 Å². The lowest BCUT2D eigenvalue weighted by Crippen LogP contribution is -2.04. The van der Waals surface area contributed by atoms with Gasteiger partial charge in [-0.3, -0.25) is 9.11 Å². The van der Waals surface area contributed by atoms with E-state index in [9.17, 15) is 31.0 Å². The number of aromatic hydroxyl groups is 1. The summed E-state index contributed by atoms with van der Waals surface area (Å²) in [6.07, 6.45) is 0. The second-order valence-corrected chi connectivity index (χ2v) is 11.3. The van der Waals surface area contributed by atoms with Crippen LogP contribution in [0.25, 0.3) is 21.5 Å². The summed E-state index contributed by atoms with van der Waals surface area (Å²) in [5.41, 5.74) is 5.67. The quantitative estimate of drug-likeness (QED) is 0.0979. The molecule has 0 fully saturated rings. The molecule has 0 spiro atoms. The molecule has 0 saturated carbocycles. The number of fused-ring (bicyclic) bond motifs is 2. The Hall–Kier alpha value is -4.76. The highest BCUT2D eigenvalue weighted by molar-refractivity contribution is 7.86. The van der Waals surface area contributed by atoms with Crippen molar-refractivity contribution in [2.24, 2.45) is 20.5 Å². The van der Waals surface area contributed by atoms with Gasteiger partial charge in [0.05, 0.1) is 22.4 Å². The molecule has 0 aromatic heterocycles. The van der Waals surface area contributed by atoms with Crippen LogP contribution in [0.1, 0.15) is 0 Å². The van der Waals surface area contributed by atoms with E-state index in [0.29, 0.717) is 16.8 Å². The highest BCUT2D eigenvalue weighted by Gasteiger charge is 2.28. The summed E-state index contributed by atoms with van der Waals surface area (Å²) in [5.74, 6) is -0.923. The van der Waals surface area contributed by atoms with Gasteiger partial charge in [-0.25, -0.2) is 0 Å². The molecule has 0 aliphatic heterocycles. The van der Waals surface area contributed by atoms with Crippen molar-refractivity contribution in [3.63, 3.8) is 0 Å². The van der Waals surface area contributed by atoms with Gasteiger partial charge in [-0.1, -0.05) is 54.6 Å². The fourth-order valence-corrected chi connectivity index (χ4v) is 5.45. The second kappa shape index (κ2) is 10.1. The van der Waals surface area contributed by atoms with E-state index in [0.717, 1.165) is 17.5 Å². The number of nitrogens with zero attached hydrogens (tertiary/aromatic N) is 4. The van der Waals surface area contributed by atoms with Gasteiger partial charge < -0.3 is 10.8 Å². The second-order valence-electron chi connectivity index (χ2n) is 8.49. The number of benzene rings is 5. The van der Waals surface area contributed by atoms with Crippen molar-refractivity contribution < 1.29 is 31.0 Å². The molecule has 0 unspecified atom stereocenters. The van der Waals surface area contributed by atoms with Crippen LogP contribution >= 0.6 is 0 Å². The van der Waals surface area contributed by atoms with Gasteiger partial charge in [0.1, 0.15) is 21.2 Å². The van der Waals surface area contributed by atoms with Crippen LogP contribution in [0.15, 0.2) is 115 Å². The predicted molar refractivity (Wildman–Crippen MR) is 148 cm³/mol. The van der Waals surface area contributed by atoms with E-state index in [1.54, 1.807) is 54.6 Å². The summed E-state index contributed by atoms with van der Waals surface area (Å²) in [6.45, 7) is 0. The average molecular weight is 578 g/mol. The van der Waals surface area contributed by atoms with E-state index in [1.807, 2.05) is 18.2 Å². The first-order valence-electron chi connectivity index (χ1n) is 11.4. The Morgan fingerprint density at radius 2 is 1.25 bits per heavy atom. The highest BCUT2D eigenvalue weighted by Crippen LogP contribution is 2.48. The fraction of sp³-hybridized carbons (Fsp3) is 0. The molecular formula is C26H19N5O7S2. The maximum atomic E-state index is 12.3. The normalized spacial score (nSPS) is 12.7. The van der Waals surface area contributed by atoms with E-state index in [4.69, 9.17) is 5.73 Å². The SMILES string of the molecule is Nc1c(N=Nc2ccccc2)cc(S(=O)(=O)O)c2cc(S(=O)(=O)O)c(N=Nc3cccc4ccccc34)c(O)c12. The minimum absolute atomic E-state index is 0.254. The third-order valence-corrected chi connectivity index (χ3v) is 7.69. The van der Waals surface area contributed by atoms with E-state index in [1.165, 1.54) is 0 Å². The zero-order chi connectivity index (χ0) is 28.7. The summed E-state index contributed by atoms with van der Waals surface area (Å²) in [5, 5.41) is 27.7. The minimum atomic E-state index is -5.10. The number of phenolic OH excluding ortho intramolecular Hbond substituents is 1. The minimum Gasteiger partial charge on any atom is -0.505 e. The molecule has 12 nitrogen and oxygen atoms in total. The maximum Gasteiger partial charge on any atom is 0.296 e. The number of rotatable bonds is 6. The van der Waals surface area contributed by atoms with Crippen LogP contribution in [0.2, 0.25) is 0 Å². The van der Waals surface area contributed by atoms with Crippen LogP contribution in [0.5, 0.6) is 5.75 Å². The van der Waals surface area contributed by atoms with Crippen molar-refractivity contribution in [2.45, 2.75) is 9.79 Å². The number of hydrogen-bond donors (Lipinski definition) is 4. The first-order valence-corrected chi connectivity index (χ1v) is 14.3. The van der Waals surface area contributed by atoms with Crippen molar-refractivity contribution in [1.82, 2.24) is 0 Å². The molecule has 0 bridgehead atoms. The van der Waals surface area contributed by atoms with Gasteiger partial charge in [0.15, 0.2) is 5.75 Å². The standard InChI is InChI=1S/C26H19N5O7S2/c27-24-20(30-28-16-9-2-1-3-10-16)14-21(39(33,34)35)18-13-22(40(36,37)38)25(26(32)23(18)24)31-29-19-12-6-8-15-7-4-5-11-17(15)19/h1-14,32H,27H2,(H,33,34,35)(H,36,37,38). The average Bonchev–Trinajstić information content (AvgIpc) is 2.91. The first-order chi connectivity index (χ1) is 18.9. The summed E-state index contributed by atoms with van der Waals surface area (Å²) < 4.78 is 69.0. The van der Waals surface area contributed by atoms with Crippen molar-refractivity contribution >= 4 is 70.2 Å². The van der Waals surface area contributed by atoms with E-state index in [-0.39, 0.29) is 11.4 Å². The van der Waals surface area contributed by atoms with Gasteiger partial charge in [0.25, 0.3) is 20.2 Å². The Morgan fingerprint density at radius 1 is 0.625 bits per heavy atom. The fourth-order valence-electron chi connectivity index (χ4n) is 4.10. The molecular weight excluding hydrogens is 558 g/mol. The van der Waals surface area contributed by atoms with Gasteiger partial charge in [-0.05, 0) is 35.7 Å². The summed E-state index contributed by atoms with van der Waals surface area (Å²) >= 11 is 0. The zero-order valence-electron chi connectivity index (χ0n) is 20.2. The van der Waals surface area contributed by atoms with Gasteiger partial charge in [0, 0.05) is 10.8 Å². The molecule has 14 heteroatoms. The third kappa shape index (κ3) is 5.11. The van der Waals surface area contributed by atoms with Crippen LogP contribution in [-0.4, -0.2) is 31.0 Å². The molecule has 40 heavy (non-hydrogen) atoms. The van der Waals surface area contributed by atoms with Crippen molar-refractivity contribution in [1.29, 1.82) is 0 Å². The van der Waals surface area contributed by atoms with E-state index >= 15 is 0 Å². The zero-order valence-corrected chi connectivity index (χ0v) is 21.9. The Kier molecular flexibility index (Phi) is 6.77. The van der Waals surface area contributed by atoms with Gasteiger partial charge in [0.2, 0.25) is 0 Å². The lowest BCUT2D eigenvalue weighted by molar-refractivity contribution is 0.471. The number of nitrogen functional groups attached to an aromatic ring is 1. The van der Waals surface area contributed by atoms with Gasteiger partial charge in [-0.15, -0.1) is 15.3 Å². The van der Waals surface area contributed by atoms with E-state index < -0.39 is 52.2 Å². The Balaban J connectivity index is 1.81. The largest absolute Gasteiger partial charge is 0.505 e. The Bertz CT molecular complexity index is 2080. The lowest BCUT2D eigenvalue weighted by atomic mass is 10.0. The Morgan fingerprint density at radius 3 is 1.95 bits per heavy atom. The molecule has 5 N–H and O–H groups in total. The van der Waals surface area contributed by atoms with Crippen LogP contribution < -0.4 is 5.73 Å². The van der Waals surface area contributed by atoms with Crippen molar-refractivity contribution in [2.75, 3.05) is 5.73 Å². The number of hydrogen-bond acceptors (Lipinski definition) is 10. The summed E-state index contributed by atoms with van der Waals surface area (Å²) in [7, 11) is -10.1. The van der Waals surface area contributed by atoms with Crippen molar-refractivity contribution in [3.05, 3.63) is 84.9 Å². The molecule has 0 saturated heterocycles. The van der Waals surface area contributed by atoms with Gasteiger partial charge >= 0.3 is 0 Å². The predicted octanol–water partition coefficient (Wildman–Crippen LogP) is 6.61. The smallest absolute Gasteiger partial charge is 0.296 e. The van der Waals surface area contributed by atoms with E-state index in [2.05, 4.69) is 20.5 Å². The lowest BCUT2D eigenvalue weighted by Gasteiger charge is -2.14. The third-order valence-electron chi connectivity index (χ3n) is 5.93. The molecule has 5 rings (SSSR count). The first kappa shape index (κ1) is 26.8. The summed E-state index contributed by atoms with van der Waals surface area (Å²) in [6, 6.07) is 22.2. The summed E-state index contributed by atoms with van der Waals surface area (Å²) in [4.78, 5) is -1.80. The number of phenols is 1. The topological polar surface area (TPSA) is 204 Å². The monoisotopic (exact) mass is 577 g/mol. The van der Waals surface area contributed by atoms with Crippen LogP contribution in [0.4, 0.5) is 28.4 Å². The van der Waals surface area contributed by atoms with Crippen LogP contribution in [-0.2, 0) is 20.2 Å². The Labute approximate surface area is 227 Å². The maximum absolute atomic E-state index is 12.3. The van der Waals surface area contributed by atoms with Crippen LogP contribution in [0, 0.1) is 0 Å². The molecule has 0 heterocycles. The highest BCUT2D eigenvalue weighted by atomic mass is 32.2. The molecule has 0 aliphatic carbocycles. The number of nitrogens with two attached hydrogens (primary N) is 1. The molecule has 0 amide bonds. The molecule has 202 valence electrons. The number of azo groups is 2. The van der Waals surface area contributed by atoms with Crippen LogP contribution in [0.3, 0.4) is 0 Å². The molecule has 0 atom stereocenters. The molecule has 5 aromatic rings. The number of anilines is 1. The van der Waals surface area contributed by atoms with Crippen molar-refractivity contribution in [3.8, 4) is 5.75 Å². The molecule has 0 radical (unpaired) electrons. The molecule has 5 aromatic carbocycles. The molecule has 0 aliphatic rings.